The molecule has 0 bridgehead atoms. The second-order valence-corrected chi connectivity index (χ2v) is 7.30. The number of carbonyl (C=O) groups excluding carboxylic acids is 2. The second kappa shape index (κ2) is 9.37. The Balaban J connectivity index is 1.87. The van der Waals surface area contributed by atoms with E-state index in [1.165, 1.54) is 0 Å². The highest BCUT2D eigenvalue weighted by atomic mass is 16.5. The summed E-state index contributed by atoms with van der Waals surface area (Å²) in [6.07, 6.45) is 5.44. The molecule has 138 valence electrons. The van der Waals surface area contributed by atoms with Gasteiger partial charge < -0.3 is 20.7 Å². The number of hydrogen-bond acceptors (Lipinski definition) is 4. The first-order chi connectivity index (χ1) is 11.5. The van der Waals surface area contributed by atoms with Crippen molar-refractivity contribution in [3.8, 4) is 0 Å². The molecular formula is C18H33N3O3. The predicted octanol–water partition coefficient (Wildman–Crippen LogP) is 1.28. The maximum absolute atomic E-state index is 12.7. The standard InChI is InChI=1S/C18H33N3O3/c1-3-5-13(2)20-17(22)15-6-4-9-21(12-15)18(23)16(19)14-7-10-24-11-8-14/h13-16H,3-12,19H2,1-2H3,(H,20,22). The first kappa shape index (κ1) is 19.2. The zero-order valence-electron chi connectivity index (χ0n) is 15.1. The lowest BCUT2D eigenvalue weighted by Crippen LogP contribution is -2.53. The molecule has 2 saturated heterocycles. The van der Waals surface area contributed by atoms with Crippen molar-refractivity contribution in [2.45, 2.75) is 64.5 Å². The Morgan fingerprint density at radius 2 is 2.00 bits per heavy atom. The van der Waals surface area contributed by atoms with Crippen LogP contribution in [-0.2, 0) is 14.3 Å². The second-order valence-electron chi connectivity index (χ2n) is 7.30. The van der Waals surface area contributed by atoms with Crippen LogP contribution in [0.4, 0.5) is 0 Å². The monoisotopic (exact) mass is 339 g/mol. The van der Waals surface area contributed by atoms with E-state index >= 15 is 0 Å². The Hall–Kier alpha value is -1.14. The van der Waals surface area contributed by atoms with Gasteiger partial charge in [-0.2, -0.15) is 0 Å². The summed E-state index contributed by atoms with van der Waals surface area (Å²) in [5.74, 6) is 0.169. The molecule has 6 nitrogen and oxygen atoms in total. The van der Waals surface area contributed by atoms with Crippen molar-refractivity contribution in [3.05, 3.63) is 0 Å². The van der Waals surface area contributed by atoms with Gasteiger partial charge in [-0.3, -0.25) is 9.59 Å². The lowest BCUT2D eigenvalue weighted by molar-refractivity contribution is -0.138. The van der Waals surface area contributed by atoms with Gasteiger partial charge in [0, 0.05) is 32.3 Å². The van der Waals surface area contributed by atoms with E-state index in [0.29, 0.717) is 26.3 Å². The molecule has 3 N–H and O–H groups in total. The van der Waals surface area contributed by atoms with E-state index in [1.807, 2.05) is 6.92 Å². The van der Waals surface area contributed by atoms with Gasteiger partial charge in [0.2, 0.25) is 11.8 Å². The van der Waals surface area contributed by atoms with Gasteiger partial charge in [-0.15, -0.1) is 0 Å². The minimum atomic E-state index is -0.463. The predicted molar refractivity (Wildman–Crippen MR) is 93.3 cm³/mol. The summed E-state index contributed by atoms with van der Waals surface area (Å²) < 4.78 is 5.35. The summed E-state index contributed by atoms with van der Waals surface area (Å²) in [5, 5.41) is 3.08. The molecule has 2 fully saturated rings. The molecule has 2 heterocycles. The van der Waals surface area contributed by atoms with Crippen LogP contribution in [0.2, 0.25) is 0 Å². The summed E-state index contributed by atoms with van der Waals surface area (Å²) in [6, 6.07) is -0.271. The number of amides is 2. The van der Waals surface area contributed by atoms with E-state index in [0.717, 1.165) is 38.5 Å². The maximum atomic E-state index is 12.7. The van der Waals surface area contributed by atoms with Crippen molar-refractivity contribution in [2.75, 3.05) is 26.3 Å². The highest BCUT2D eigenvalue weighted by Gasteiger charge is 2.34. The van der Waals surface area contributed by atoms with Crippen LogP contribution in [0.1, 0.15) is 52.4 Å². The fourth-order valence-electron chi connectivity index (χ4n) is 3.74. The van der Waals surface area contributed by atoms with Gasteiger partial charge in [-0.1, -0.05) is 13.3 Å². The number of nitrogens with zero attached hydrogens (tertiary/aromatic N) is 1. The summed E-state index contributed by atoms with van der Waals surface area (Å²) in [7, 11) is 0. The van der Waals surface area contributed by atoms with E-state index in [2.05, 4.69) is 12.2 Å². The molecule has 2 amide bonds. The zero-order valence-corrected chi connectivity index (χ0v) is 15.1. The molecule has 3 atom stereocenters. The Labute approximate surface area is 145 Å². The van der Waals surface area contributed by atoms with E-state index in [4.69, 9.17) is 10.5 Å². The topological polar surface area (TPSA) is 84.7 Å². The third-order valence-electron chi connectivity index (χ3n) is 5.27. The van der Waals surface area contributed by atoms with Crippen LogP contribution in [0.5, 0.6) is 0 Å². The first-order valence-corrected chi connectivity index (χ1v) is 9.45. The molecule has 24 heavy (non-hydrogen) atoms. The third-order valence-corrected chi connectivity index (χ3v) is 5.27. The molecule has 0 radical (unpaired) electrons. The number of hydrogen-bond donors (Lipinski definition) is 2. The molecule has 0 aromatic carbocycles. The highest BCUT2D eigenvalue weighted by molar-refractivity contribution is 5.84. The molecule has 0 aromatic rings. The van der Waals surface area contributed by atoms with Crippen LogP contribution in [0.15, 0.2) is 0 Å². The van der Waals surface area contributed by atoms with Gasteiger partial charge in [-0.05, 0) is 44.9 Å². The van der Waals surface area contributed by atoms with Gasteiger partial charge in [0.15, 0.2) is 0 Å². The minimum absolute atomic E-state index is 0.000932. The van der Waals surface area contributed by atoms with Crippen molar-refractivity contribution in [3.63, 3.8) is 0 Å². The van der Waals surface area contributed by atoms with E-state index in [1.54, 1.807) is 4.90 Å². The van der Waals surface area contributed by atoms with Crippen molar-refractivity contribution in [1.29, 1.82) is 0 Å². The lowest BCUT2D eigenvalue weighted by Gasteiger charge is -2.36. The summed E-state index contributed by atoms with van der Waals surface area (Å²) >= 11 is 0. The average molecular weight is 339 g/mol. The molecule has 0 aromatic heterocycles. The Morgan fingerprint density at radius 1 is 1.29 bits per heavy atom. The zero-order chi connectivity index (χ0) is 17.5. The molecule has 0 aliphatic carbocycles. The van der Waals surface area contributed by atoms with Crippen LogP contribution in [0, 0.1) is 11.8 Å². The van der Waals surface area contributed by atoms with E-state index in [9.17, 15) is 9.59 Å². The quantitative estimate of drug-likeness (QED) is 0.763. The molecule has 2 aliphatic rings. The number of piperidine rings is 1. The van der Waals surface area contributed by atoms with Crippen LogP contribution in [0.3, 0.4) is 0 Å². The number of carbonyl (C=O) groups is 2. The molecule has 0 saturated carbocycles. The Bertz CT molecular complexity index is 424. The van der Waals surface area contributed by atoms with Gasteiger partial charge in [0.25, 0.3) is 0 Å². The molecule has 3 unspecified atom stereocenters. The average Bonchev–Trinajstić information content (AvgIpc) is 2.61. The number of likely N-dealkylation sites (tertiary alicyclic amines) is 1. The number of ether oxygens (including phenoxy) is 1. The van der Waals surface area contributed by atoms with Gasteiger partial charge in [-0.25, -0.2) is 0 Å². The molecule has 2 rings (SSSR count). The molecular weight excluding hydrogens is 306 g/mol. The van der Waals surface area contributed by atoms with Crippen molar-refractivity contribution in [2.24, 2.45) is 17.6 Å². The van der Waals surface area contributed by atoms with Gasteiger partial charge in [0.05, 0.1) is 12.0 Å². The minimum Gasteiger partial charge on any atom is -0.381 e. The van der Waals surface area contributed by atoms with Gasteiger partial charge >= 0.3 is 0 Å². The normalized spacial score (nSPS) is 25.1. The van der Waals surface area contributed by atoms with E-state index in [-0.39, 0.29) is 29.7 Å². The number of nitrogens with two attached hydrogens (primary N) is 1. The van der Waals surface area contributed by atoms with Crippen LogP contribution in [0.25, 0.3) is 0 Å². The van der Waals surface area contributed by atoms with Crippen molar-refractivity contribution < 1.29 is 14.3 Å². The number of rotatable bonds is 6. The highest BCUT2D eigenvalue weighted by Crippen LogP contribution is 2.22. The molecule has 6 heteroatoms. The summed E-state index contributed by atoms with van der Waals surface area (Å²) in [4.78, 5) is 26.9. The smallest absolute Gasteiger partial charge is 0.239 e. The summed E-state index contributed by atoms with van der Waals surface area (Å²) in [5.41, 5.74) is 6.22. The van der Waals surface area contributed by atoms with Gasteiger partial charge in [0.1, 0.15) is 0 Å². The molecule has 2 aliphatic heterocycles. The van der Waals surface area contributed by atoms with E-state index < -0.39 is 6.04 Å². The fraction of sp³-hybridized carbons (Fsp3) is 0.889. The largest absolute Gasteiger partial charge is 0.381 e. The van der Waals surface area contributed by atoms with Crippen LogP contribution < -0.4 is 11.1 Å². The van der Waals surface area contributed by atoms with Crippen LogP contribution >= 0.6 is 0 Å². The summed E-state index contributed by atoms with van der Waals surface area (Å²) in [6.45, 7) is 6.73. The van der Waals surface area contributed by atoms with Crippen LogP contribution in [-0.4, -0.2) is 55.1 Å². The SMILES string of the molecule is CCCC(C)NC(=O)C1CCCN(C(=O)C(N)C2CCOCC2)C1. The first-order valence-electron chi connectivity index (χ1n) is 9.45. The van der Waals surface area contributed by atoms with Crippen molar-refractivity contribution in [1.82, 2.24) is 10.2 Å². The Kier molecular flexibility index (Phi) is 7.49. The fourth-order valence-corrected chi connectivity index (χ4v) is 3.74. The van der Waals surface area contributed by atoms with Crippen molar-refractivity contribution >= 4 is 11.8 Å². The maximum Gasteiger partial charge on any atom is 0.239 e. The third kappa shape index (κ3) is 5.18. The molecule has 0 spiro atoms. The Morgan fingerprint density at radius 3 is 2.67 bits per heavy atom. The lowest BCUT2D eigenvalue weighted by atomic mass is 9.90. The number of nitrogens with one attached hydrogen (secondary N) is 1.